The van der Waals surface area contributed by atoms with Crippen molar-refractivity contribution in [2.75, 3.05) is 19.6 Å². The Kier molecular flexibility index (Phi) is 10.2. The van der Waals surface area contributed by atoms with E-state index >= 15 is 0 Å². The monoisotopic (exact) mass is 1120 g/mol. The molecule has 0 saturated heterocycles. The van der Waals surface area contributed by atoms with Crippen molar-refractivity contribution in [3.8, 4) is 17.2 Å². The molecule has 12 aromatic carbocycles. The van der Waals surface area contributed by atoms with Crippen molar-refractivity contribution in [2.24, 2.45) is 0 Å². The number of benzene rings is 12. The summed E-state index contributed by atoms with van der Waals surface area (Å²) in [6.45, 7) is -0.284. The second-order valence-corrected chi connectivity index (χ2v) is 24.1. The molecule has 6 nitrogen and oxygen atoms in total. The van der Waals surface area contributed by atoms with E-state index in [0.29, 0.717) is 0 Å². The van der Waals surface area contributed by atoms with E-state index in [0.717, 1.165) is 79.4 Å². The number of ether oxygens (including phenoxy) is 1. The van der Waals surface area contributed by atoms with E-state index in [2.05, 4.69) is 309 Å². The third-order valence-corrected chi connectivity index (χ3v) is 20.0. The number of rotatable bonds is 7. The van der Waals surface area contributed by atoms with Gasteiger partial charge in [0.1, 0.15) is 0 Å². The van der Waals surface area contributed by atoms with E-state index in [1.807, 2.05) is 0 Å². The Morgan fingerprint density at radius 3 is 1.58 bits per heavy atom. The molecule has 6 heterocycles. The molecule has 83 heavy (non-hydrogen) atoms. The van der Waals surface area contributed by atoms with E-state index < -0.39 is 0 Å². The first-order valence-electron chi connectivity index (χ1n) is 28.5. The Labute approximate surface area is 487 Å². The Bertz CT molecular complexity index is 4880. The number of nitrogens with zero attached hydrogens (tertiary/aromatic N) is 5. The van der Waals surface area contributed by atoms with Gasteiger partial charge in [-0.05, 0) is 18.2 Å². The predicted octanol–water partition coefficient (Wildman–Crippen LogP) is 15.0. The number of anilines is 12. The summed E-state index contributed by atoms with van der Waals surface area (Å²) in [5, 5.41) is 3.74. The average Bonchev–Trinajstić information content (AvgIpc) is 3.82. The molecular formula is C74H47B2N5OSe. The third-order valence-electron chi connectivity index (χ3n) is 17.5. The molecule has 386 valence electrons. The minimum absolute atomic E-state index is 0.00763. The van der Waals surface area contributed by atoms with E-state index in [9.17, 15) is 0 Å². The van der Waals surface area contributed by atoms with E-state index in [4.69, 9.17) is 4.74 Å². The predicted molar refractivity (Wildman–Crippen MR) is 350 cm³/mol. The standard InChI is InChI=1S/C74H47B2N5OSe/c1-7-25-48(26-8-1)77(49-27-9-2-10-28-49)54-43-64-71-67(44-54)82-66-47-62-58(45-59(66)76(71)70-56-38-20-24-42-68(56)83-74(70)81(64)53-35-17-6-18-36-53)75-57-39-21-23-41-61(57)79(51-31-13-4-14-32-51)65-46-63-69(73(72(65)75)80(62)52-33-15-5-16-34-52)55-37-19-22-40-60(55)78(63)50-29-11-3-12-30-50/h1-47H. The molecule has 0 amide bonds. The van der Waals surface area contributed by atoms with Gasteiger partial charge in [-0.25, -0.2) is 0 Å². The van der Waals surface area contributed by atoms with E-state index in [-0.39, 0.29) is 27.9 Å². The van der Waals surface area contributed by atoms with Gasteiger partial charge in [-0.15, -0.1) is 0 Å². The Morgan fingerprint density at radius 1 is 0.337 bits per heavy atom. The summed E-state index contributed by atoms with van der Waals surface area (Å²) in [4.78, 5) is 10.0. The molecule has 0 fully saturated rings. The van der Waals surface area contributed by atoms with Gasteiger partial charge in [0, 0.05) is 5.69 Å². The molecular weight excluding hydrogens is 1080 g/mol. The number of fused-ring (bicyclic) bond motifs is 14. The number of para-hydroxylation sites is 8. The van der Waals surface area contributed by atoms with Crippen molar-refractivity contribution in [3.63, 3.8) is 0 Å². The third kappa shape index (κ3) is 6.81. The van der Waals surface area contributed by atoms with E-state index in [1.165, 1.54) is 69.1 Å². The van der Waals surface area contributed by atoms with Gasteiger partial charge in [0.2, 0.25) is 0 Å². The fraction of sp³-hybridized carbons (Fsp3) is 0. The van der Waals surface area contributed by atoms with Crippen molar-refractivity contribution in [3.05, 3.63) is 285 Å². The summed E-state index contributed by atoms with van der Waals surface area (Å²) < 4.78 is 13.0. The molecule has 0 N–H and O–H groups in total. The molecule has 0 radical (unpaired) electrons. The van der Waals surface area contributed by atoms with E-state index in [1.54, 1.807) is 0 Å². The van der Waals surface area contributed by atoms with Gasteiger partial charge in [-0.1, -0.05) is 48.5 Å². The van der Waals surface area contributed by atoms with Crippen LogP contribution in [0.15, 0.2) is 285 Å². The van der Waals surface area contributed by atoms with Crippen LogP contribution in [0.3, 0.4) is 0 Å². The Balaban J connectivity index is 0.969. The maximum atomic E-state index is 7.81. The van der Waals surface area contributed by atoms with Crippen LogP contribution in [0.1, 0.15) is 0 Å². The first-order valence-corrected chi connectivity index (χ1v) is 30.2. The average molecular weight is 1120 g/mol. The van der Waals surface area contributed by atoms with Crippen LogP contribution in [0.4, 0.5) is 67.1 Å². The fourth-order valence-electron chi connectivity index (χ4n) is 14.3. The first-order chi connectivity index (χ1) is 41.2. The molecule has 0 unspecified atom stereocenters. The summed E-state index contributed by atoms with van der Waals surface area (Å²) in [6.07, 6.45) is 0. The molecule has 0 bridgehead atoms. The van der Waals surface area contributed by atoms with Gasteiger partial charge in [0.15, 0.2) is 0 Å². The second kappa shape index (κ2) is 18.2. The molecule has 14 aromatic rings. The quantitative estimate of drug-likeness (QED) is 0.148. The summed E-state index contributed by atoms with van der Waals surface area (Å²) in [7, 11) is 0. The summed E-state index contributed by atoms with van der Waals surface area (Å²) >= 11 is -0.00763. The van der Waals surface area contributed by atoms with Crippen LogP contribution in [0.25, 0.3) is 37.1 Å². The van der Waals surface area contributed by atoms with Gasteiger partial charge >= 0.3 is 418 Å². The second-order valence-electron chi connectivity index (χ2n) is 21.9. The molecule has 0 aliphatic carbocycles. The Hall–Kier alpha value is -10.2. The van der Waals surface area contributed by atoms with Crippen molar-refractivity contribution in [1.29, 1.82) is 0 Å². The van der Waals surface area contributed by atoms with Crippen molar-refractivity contribution in [2.45, 2.75) is 0 Å². The topological polar surface area (TPSA) is 27.1 Å². The first kappa shape index (κ1) is 46.6. The summed E-state index contributed by atoms with van der Waals surface area (Å²) in [5.41, 5.74) is 23.2. The summed E-state index contributed by atoms with van der Waals surface area (Å²) in [6, 6.07) is 105. The van der Waals surface area contributed by atoms with Crippen LogP contribution in [0.2, 0.25) is 0 Å². The fourth-order valence-corrected chi connectivity index (χ4v) is 17.0. The SMILES string of the molecule is c1ccc(N(c2ccccc2)c2cc3c4c(c2)N(c2ccccc2)c2[se]c5ccccc5c2B4c2cc4c(cc2O3)N(c2ccccc2)c2c3c(cc5c2c2ccccc2n5-c2ccccc2)N(c2ccccc2)c2ccccc2B43)cc1. The summed E-state index contributed by atoms with van der Waals surface area (Å²) in [5.74, 6) is 1.72. The van der Waals surface area contributed by atoms with Crippen LogP contribution in [-0.4, -0.2) is 32.5 Å². The van der Waals surface area contributed by atoms with Gasteiger partial charge in [-0.3, -0.25) is 0 Å². The van der Waals surface area contributed by atoms with Crippen molar-refractivity contribution >= 4 is 159 Å². The van der Waals surface area contributed by atoms with Crippen molar-refractivity contribution in [1.82, 2.24) is 4.57 Å². The number of aromatic nitrogens is 1. The van der Waals surface area contributed by atoms with Gasteiger partial charge in [0.05, 0.1) is 0 Å². The maximum absolute atomic E-state index is 7.81. The molecule has 18 rings (SSSR count). The minimum atomic E-state index is -0.147. The van der Waals surface area contributed by atoms with Crippen LogP contribution in [-0.2, 0) is 0 Å². The molecule has 0 saturated carbocycles. The van der Waals surface area contributed by atoms with Crippen LogP contribution in [0.5, 0.6) is 11.5 Å². The van der Waals surface area contributed by atoms with Gasteiger partial charge < -0.3 is 0 Å². The Morgan fingerprint density at radius 2 is 0.892 bits per heavy atom. The molecule has 0 atom stereocenters. The van der Waals surface area contributed by atoms with Gasteiger partial charge in [0.25, 0.3) is 0 Å². The molecule has 4 aliphatic rings. The van der Waals surface area contributed by atoms with Crippen LogP contribution >= 0.6 is 0 Å². The van der Waals surface area contributed by atoms with Crippen LogP contribution in [0, 0.1) is 0 Å². The van der Waals surface area contributed by atoms with Crippen LogP contribution < -0.4 is 57.1 Å². The zero-order valence-corrected chi connectivity index (χ0v) is 46.6. The molecule has 0 spiro atoms. The number of hydrogen-bond acceptors (Lipinski definition) is 5. The molecule has 2 aromatic heterocycles. The zero-order chi connectivity index (χ0) is 54.3. The van der Waals surface area contributed by atoms with Gasteiger partial charge in [-0.2, -0.15) is 0 Å². The van der Waals surface area contributed by atoms with Crippen molar-refractivity contribution < 1.29 is 4.74 Å². The normalized spacial score (nSPS) is 13.3. The zero-order valence-electron chi connectivity index (χ0n) is 44.8. The molecule has 4 aliphatic heterocycles. The molecule has 9 heteroatoms. The number of hydrogen-bond donors (Lipinski definition) is 0.